The normalized spacial score (nSPS) is 13.0. The van der Waals surface area contributed by atoms with Gasteiger partial charge in [0.25, 0.3) is 0 Å². The molecule has 0 saturated carbocycles. The first-order chi connectivity index (χ1) is 6.93. The van der Waals surface area contributed by atoms with E-state index in [0.29, 0.717) is 0 Å². The second-order valence-electron chi connectivity index (χ2n) is 4.36. The highest BCUT2D eigenvalue weighted by atomic mass is 16.5. The maximum atomic E-state index is 5.89. The molecule has 0 radical (unpaired) electrons. The average molecular weight is 207 g/mol. The number of rotatable bonds is 3. The fourth-order valence-electron chi connectivity index (χ4n) is 1.69. The third-order valence-electron chi connectivity index (χ3n) is 2.63. The number of benzene rings is 1. The van der Waals surface area contributed by atoms with E-state index >= 15 is 0 Å². The van der Waals surface area contributed by atoms with E-state index in [9.17, 15) is 0 Å². The van der Waals surface area contributed by atoms with Crippen LogP contribution in [-0.4, -0.2) is 6.10 Å². The molecule has 1 rings (SSSR count). The van der Waals surface area contributed by atoms with Gasteiger partial charge >= 0.3 is 0 Å². The molecule has 0 heterocycles. The second-order valence-corrected chi connectivity index (χ2v) is 4.36. The molecular formula is C13H21NO. The molecule has 0 amide bonds. The summed E-state index contributed by atoms with van der Waals surface area (Å²) < 4.78 is 5.72. The fourth-order valence-corrected chi connectivity index (χ4v) is 1.69. The van der Waals surface area contributed by atoms with Crippen LogP contribution in [0.5, 0.6) is 5.75 Å². The van der Waals surface area contributed by atoms with Gasteiger partial charge in [0.15, 0.2) is 0 Å². The summed E-state index contributed by atoms with van der Waals surface area (Å²) in [5, 5.41) is 0. The third kappa shape index (κ3) is 2.72. The maximum absolute atomic E-state index is 5.89. The van der Waals surface area contributed by atoms with E-state index in [-0.39, 0.29) is 12.1 Å². The van der Waals surface area contributed by atoms with Gasteiger partial charge < -0.3 is 10.5 Å². The Balaban J connectivity index is 3.10. The Morgan fingerprint density at radius 2 is 1.67 bits per heavy atom. The molecule has 0 spiro atoms. The lowest BCUT2D eigenvalue weighted by molar-refractivity contribution is 0.240. The van der Waals surface area contributed by atoms with Crippen LogP contribution < -0.4 is 10.5 Å². The summed E-state index contributed by atoms with van der Waals surface area (Å²) in [5.74, 6) is 0.965. The summed E-state index contributed by atoms with van der Waals surface area (Å²) in [5.41, 5.74) is 9.52. The van der Waals surface area contributed by atoms with Crippen molar-refractivity contribution < 1.29 is 4.74 Å². The van der Waals surface area contributed by atoms with Crippen LogP contribution in [0.3, 0.4) is 0 Å². The minimum atomic E-state index is 0.0804. The number of hydrogen-bond donors (Lipinski definition) is 1. The van der Waals surface area contributed by atoms with Crippen LogP contribution in [0, 0.1) is 13.8 Å². The van der Waals surface area contributed by atoms with Crippen molar-refractivity contribution in [2.75, 3.05) is 0 Å². The van der Waals surface area contributed by atoms with Gasteiger partial charge in [0.2, 0.25) is 0 Å². The number of ether oxygens (including phenoxy) is 1. The minimum absolute atomic E-state index is 0.0804. The highest BCUT2D eigenvalue weighted by Gasteiger charge is 2.10. The van der Waals surface area contributed by atoms with Crippen molar-refractivity contribution in [2.24, 2.45) is 5.73 Å². The lowest BCUT2D eigenvalue weighted by atomic mass is 9.98. The molecule has 0 aromatic heterocycles. The summed E-state index contributed by atoms with van der Waals surface area (Å²) in [4.78, 5) is 0. The van der Waals surface area contributed by atoms with E-state index in [1.54, 1.807) is 0 Å². The Hall–Kier alpha value is -1.02. The highest BCUT2D eigenvalue weighted by molar-refractivity contribution is 5.44. The lowest BCUT2D eigenvalue weighted by Gasteiger charge is -2.17. The van der Waals surface area contributed by atoms with Crippen molar-refractivity contribution in [1.29, 1.82) is 0 Å². The quantitative estimate of drug-likeness (QED) is 0.826. The van der Waals surface area contributed by atoms with Gasteiger partial charge in [-0.1, -0.05) is 6.07 Å². The zero-order valence-electron chi connectivity index (χ0n) is 10.3. The first kappa shape index (κ1) is 12.1. The zero-order chi connectivity index (χ0) is 11.6. The second kappa shape index (κ2) is 4.67. The van der Waals surface area contributed by atoms with E-state index in [4.69, 9.17) is 10.5 Å². The zero-order valence-corrected chi connectivity index (χ0v) is 10.3. The molecule has 1 unspecified atom stereocenters. The van der Waals surface area contributed by atoms with Crippen LogP contribution in [0.2, 0.25) is 0 Å². The number of nitrogens with two attached hydrogens (primary N) is 1. The Labute approximate surface area is 92.4 Å². The molecule has 0 saturated heterocycles. The molecular weight excluding hydrogens is 186 g/mol. The van der Waals surface area contributed by atoms with Gasteiger partial charge in [0.05, 0.1) is 6.10 Å². The van der Waals surface area contributed by atoms with Crippen LogP contribution in [0.25, 0.3) is 0 Å². The van der Waals surface area contributed by atoms with Crippen LogP contribution in [-0.2, 0) is 0 Å². The Morgan fingerprint density at radius 3 is 2.13 bits per heavy atom. The molecule has 2 heteroatoms. The summed E-state index contributed by atoms with van der Waals surface area (Å²) in [6.45, 7) is 10.3. The van der Waals surface area contributed by atoms with Crippen LogP contribution >= 0.6 is 0 Å². The molecule has 1 aromatic rings. The first-order valence-electron chi connectivity index (χ1n) is 5.45. The topological polar surface area (TPSA) is 35.2 Å². The summed E-state index contributed by atoms with van der Waals surface area (Å²) >= 11 is 0. The van der Waals surface area contributed by atoms with Gasteiger partial charge in [0.1, 0.15) is 5.75 Å². The molecule has 0 aliphatic heterocycles. The number of hydrogen-bond acceptors (Lipinski definition) is 2. The summed E-state index contributed by atoms with van der Waals surface area (Å²) in [6.07, 6.45) is 0.212. The first-order valence-corrected chi connectivity index (χ1v) is 5.45. The molecule has 15 heavy (non-hydrogen) atoms. The Morgan fingerprint density at radius 1 is 1.07 bits per heavy atom. The van der Waals surface area contributed by atoms with Gasteiger partial charge in [-0.3, -0.25) is 0 Å². The van der Waals surface area contributed by atoms with Gasteiger partial charge in [-0.2, -0.15) is 0 Å². The van der Waals surface area contributed by atoms with Crippen molar-refractivity contribution >= 4 is 0 Å². The van der Waals surface area contributed by atoms with E-state index in [1.807, 2.05) is 26.8 Å². The van der Waals surface area contributed by atoms with E-state index in [2.05, 4.69) is 19.9 Å². The monoisotopic (exact) mass is 207 g/mol. The van der Waals surface area contributed by atoms with Crippen LogP contribution in [0.1, 0.15) is 43.5 Å². The molecule has 0 bridgehead atoms. The molecule has 0 aliphatic carbocycles. The van der Waals surface area contributed by atoms with Crippen molar-refractivity contribution in [3.05, 3.63) is 28.8 Å². The van der Waals surface area contributed by atoms with Gasteiger partial charge in [0, 0.05) is 6.04 Å². The van der Waals surface area contributed by atoms with Crippen molar-refractivity contribution in [1.82, 2.24) is 0 Å². The van der Waals surface area contributed by atoms with Crippen LogP contribution in [0.15, 0.2) is 12.1 Å². The molecule has 2 N–H and O–H groups in total. The predicted octanol–water partition coefficient (Wildman–Crippen LogP) is 3.11. The predicted molar refractivity (Wildman–Crippen MR) is 64.3 cm³/mol. The molecule has 0 fully saturated rings. The van der Waals surface area contributed by atoms with E-state index < -0.39 is 0 Å². The van der Waals surface area contributed by atoms with Crippen molar-refractivity contribution in [3.8, 4) is 5.75 Å². The Kier molecular flexibility index (Phi) is 3.75. The van der Waals surface area contributed by atoms with Gasteiger partial charge in [-0.05, 0) is 57.4 Å². The Bertz CT molecular complexity index is 343. The van der Waals surface area contributed by atoms with Crippen LogP contribution in [0.4, 0.5) is 0 Å². The van der Waals surface area contributed by atoms with Gasteiger partial charge in [-0.25, -0.2) is 0 Å². The minimum Gasteiger partial charge on any atom is -0.491 e. The molecule has 84 valence electrons. The van der Waals surface area contributed by atoms with Gasteiger partial charge in [-0.15, -0.1) is 0 Å². The summed E-state index contributed by atoms with van der Waals surface area (Å²) in [6, 6.07) is 4.16. The summed E-state index contributed by atoms with van der Waals surface area (Å²) in [7, 11) is 0. The third-order valence-corrected chi connectivity index (χ3v) is 2.63. The largest absolute Gasteiger partial charge is 0.491 e. The molecule has 1 atom stereocenters. The standard InChI is InChI=1S/C13H21NO/c1-8(2)15-13-7-6-12(11(5)14)9(3)10(13)4/h6-8,11H,14H2,1-5H3. The van der Waals surface area contributed by atoms with Crippen molar-refractivity contribution in [3.63, 3.8) is 0 Å². The fraction of sp³-hybridized carbons (Fsp3) is 0.538. The SMILES string of the molecule is Cc1c(OC(C)C)ccc(C(C)N)c1C. The molecule has 1 aromatic carbocycles. The lowest BCUT2D eigenvalue weighted by Crippen LogP contribution is -2.11. The highest BCUT2D eigenvalue weighted by Crippen LogP contribution is 2.27. The van der Waals surface area contributed by atoms with E-state index in [0.717, 1.165) is 5.75 Å². The molecule has 2 nitrogen and oxygen atoms in total. The molecule has 0 aliphatic rings. The van der Waals surface area contributed by atoms with E-state index in [1.165, 1.54) is 16.7 Å². The maximum Gasteiger partial charge on any atom is 0.122 e. The smallest absolute Gasteiger partial charge is 0.122 e. The average Bonchev–Trinajstić information content (AvgIpc) is 2.12. The van der Waals surface area contributed by atoms with Crippen molar-refractivity contribution in [2.45, 2.75) is 46.8 Å².